The van der Waals surface area contributed by atoms with Gasteiger partial charge in [0.2, 0.25) is 0 Å². The van der Waals surface area contributed by atoms with E-state index in [9.17, 15) is 9.18 Å². The van der Waals surface area contributed by atoms with Crippen LogP contribution in [0.2, 0.25) is 0 Å². The molecule has 0 saturated heterocycles. The first-order valence-electron chi connectivity index (χ1n) is 6.88. The lowest BCUT2D eigenvalue weighted by Crippen LogP contribution is -2.02. The molecule has 0 spiro atoms. The van der Waals surface area contributed by atoms with Crippen LogP contribution in [-0.4, -0.2) is 12.4 Å². The predicted molar refractivity (Wildman–Crippen MR) is 80.0 cm³/mol. The minimum absolute atomic E-state index is 0.0180. The Bertz CT molecular complexity index is 714. The van der Waals surface area contributed by atoms with E-state index in [0.717, 1.165) is 11.1 Å². The molecule has 21 heavy (non-hydrogen) atoms. The molecule has 1 aliphatic heterocycles. The standard InChI is InChI=1S/C18H15FO2/c1-12-3-2-4-16-17(20)14(9-10-21-18(12)16)11-13-5-7-15(19)8-6-13/h2-8,11H,9-10H2,1H3/b14-11-. The van der Waals surface area contributed by atoms with Gasteiger partial charge in [0.25, 0.3) is 0 Å². The number of ether oxygens (including phenoxy) is 1. The van der Waals surface area contributed by atoms with Crippen molar-refractivity contribution in [2.24, 2.45) is 0 Å². The predicted octanol–water partition coefficient (Wildman–Crippen LogP) is 4.18. The third-order valence-electron chi connectivity index (χ3n) is 3.58. The maximum atomic E-state index is 12.9. The maximum absolute atomic E-state index is 12.9. The smallest absolute Gasteiger partial charge is 0.192 e. The molecule has 0 saturated carbocycles. The van der Waals surface area contributed by atoms with Gasteiger partial charge in [-0.2, -0.15) is 0 Å². The molecule has 0 N–H and O–H groups in total. The Morgan fingerprint density at radius 3 is 2.67 bits per heavy atom. The summed E-state index contributed by atoms with van der Waals surface area (Å²) in [5.41, 5.74) is 3.06. The Kier molecular flexibility index (Phi) is 3.57. The number of Topliss-reactive ketones (excluding diaryl/α,β-unsaturated/α-hetero) is 1. The van der Waals surface area contributed by atoms with Crippen molar-refractivity contribution >= 4 is 11.9 Å². The van der Waals surface area contributed by atoms with E-state index >= 15 is 0 Å². The van der Waals surface area contributed by atoms with Crippen LogP contribution in [0.4, 0.5) is 4.39 Å². The molecule has 0 aliphatic carbocycles. The highest BCUT2D eigenvalue weighted by atomic mass is 19.1. The van der Waals surface area contributed by atoms with Crippen molar-refractivity contribution in [3.63, 3.8) is 0 Å². The highest BCUT2D eigenvalue weighted by molar-refractivity contribution is 6.13. The zero-order chi connectivity index (χ0) is 14.8. The van der Waals surface area contributed by atoms with Gasteiger partial charge in [0.15, 0.2) is 5.78 Å². The monoisotopic (exact) mass is 282 g/mol. The molecule has 1 aliphatic rings. The van der Waals surface area contributed by atoms with E-state index in [1.54, 1.807) is 18.2 Å². The molecule has 0 unspecified atom stereocenters. The van der Waals surface area contributed by atoms with Crippen LogP contribution in [0.25, 0.3) is 6.08 Å². The molecule has 106 valence electrons. The molecule has 0 atom stereocenters. The van der Waals surface area contributed by atoms with Crippen LogP contribution < -0.4 is 4.74 Å². The van der Waals surface area contributed by atoms with E-state index in [0.29, 0.717) is 29.9 Å². The van der Waals surface area contributed by atoms with Crippen LogP contribution in [0.1, 0.15) is 27.9 Å². The van der Waals surface area contributed by atoms with Crippen molar-refractivity contribution in [1.82, 2.24) is 0 Å². The lowest BCUT2D eigenvalue weighted by atomic mass is 9.98. The van der Waals surface area contributed by atoms with Gasteiger partial charge in [0, 0.05) is 12.0 Å². The molecule has 0 fully saturated rings. The highest BCUT2D eigenvalue weighted by Crippen LogP contribution is 2.30. The van der Waals surface area contributed by atoms with E-state index in [1.165, 1.54) is 12.1 Å². The topological polar surface area (TPSA) is 26.3 Å². The largest absolute Gasteiger partial charge is 0.492 e. The summed E-state index contributed by atoms with van der Waals surface area (Å²) in [4.78, 5) is 12.6. The fourth-order valence-corrected chi connectivity index (χ4v) is 2.47. The fraction of sp³-hybridized carbons (Fsp3) is 0.167. The first-order chi connectivity index (χ1) is 10.1. The molecule has 1 heterocycles. The second-order valence-electron chi connectivity index (χ2n) is 5.10. The minimum atomic E-state index is -0.284. The summed E-state index contributed by atoms with van der Waals surface area (Å²) in [6.07, 6.45) is 2.35. The van der Waals surface area contributed by atoms with Gasteiger partial charge in [-0.15, -0.1) is 0 Å². The van der Waals surface area contributed by atoms with Crippen molar-refractivity contribution in [1.29, 1.82) is 0 Å². The number of carbonyl (C=O) groups excluding carboxylic acids is 1. The van der Waals surface area contributed by atoms with Gasteiger partial charge in [-0.3, -0.25) is 4.79 Å². The number of hydrogen-bond donors (Lipinski definition) is 0. The summed E-state index contributed by atoms with van der Waals surface area (Å²) in [7, 11) is 0. The number of benzene rings is 2. The zero-order valence-electron chi connectivity index (χ0n) is 11.7. The SMILES string of the molecule is Cc1cccc2c1OCC/C(=C/c1ccc(F)cc1)C2=O. The van der Waals surface area contributed by atoms with Gasteiger partial charge in [0.05, 0.1) is 12.2 Å². The number of halogens is 1. The summed E-state index contributed by atoms with van der Waals surface area (Å²) < 4.78 is 18.7. The Morgan fingerprint density at radius 2 is 1.90 bits per heavy atom. The molecule has 0 radical (unpaired) electrons. The van der Waals surface area contributed by atoms with E-state index in [1.807, 2.05) is 25.1 Å². The normalized spacial score (nSPS) is 16.3. The van der Waals surface area contributed by atoms with Gasteiger partial charge in [-0.1, -0.05) is 24.3 Å². The molecule has 2 nitrogen and oxygen atoms in total. The Morgan fingerprint density at radius 1 is 1.14 bits per heavy atom. The molecule has 0 aromatic heterocycles. The fourth-order valence-electron chi connectivity index (χ4n) is 2.47. The minimum Gasteiger partial charge on any atom is -0.492 e. The zero-order valence-corrected chi connectivity index (χ0v) is 11.7. The Hall–Kier alpha value is -2.42. The van der Waals surface area contributed by atoms with Crippen LogP contribution in [0.3, 0.4) is 0 Å². The lowest BCUT2D eigenvalue weighted by molar-refractivity contribution is 0.103. The number of fused-ring (bicyclic) bond motifs is 1. The van der Waals surface area contributed by atoms with E-state index < -0.39 is 0 Å². The molecule has 2 aromatic carbocycles. The number of carbonyl (C=O) groups is 1. The molecular weight excluding hydrogens is 267 g/mol. The van der Waals surface area contributed by atoms with Gasteiger partial charge in [-0.05, 0) is 42.3 Å². The van der Waals surface area contributed by atoms with Crippen LogP contribution in [0.15, 0.2) is 48.0 Å². The molecule has 3 rings (SSSR count). The molecule has 0 bridgehead atoms. The first kappa shape index (κ1) is 13.6. The number of ketones is 1. The van der Waals surface area contributed by atoms with Crippen LogP contribution in [-0.2, 0) is 0 Å². The average molecular weight is 282 g/mol. The Labute approximate surface area is 122 Å². The van der Waals surface area contributed by atoms with Crippen molar-refractivity contribution < 1.29 is 13.9 Å². The summed E-state index contributed by atoms with van der Waals surface area (Å²) in [5, 5.41) is 0. The van der Waals surface area contributed by atoms with Gasteiger partial charge < -0.3 is 4.74 Å². The van der Waals surface area contributed by atoms with E-state index in [4.69, 9.17) is 4.74 Å². The summed E-state index contributed by atoms with van der Waals surface area (Å²) in [5.74, 6) is 0.370. The van der Waals surface area contributed by atoms with Crippen LogP contribution in [0.5, 0.6) is 5.75 Å². The molecule has 2 aromatic rings. The lowest BCUT2D eigenvalue weighted by Gasteiger charge is -2.08. The molecule has 3 heteroatoms. The van der Waals surface area contributed by atoms with Crippen molar-refractivity contribution in [2.45, 2.75) is 13.3 Å². The summed E-state index contributed by atoms with van der Waals surface area (Å²) in [6, 6.07) is 11.7. The number of aryl methyl sites for hydroxylation is 1. The number of hydrogen-bond acceptors (Lipinski definition) is 2. The number of rotatable bonds is 1. The van der Waals surface area contributed by atoms with Gasteiger partial charge >= 0.3 is 0 Å². The quantitative estimate of drug-likeness (QED) is 0.733. The van der Waals surface area contributed by atoms with Crippen LogP contribution in [0, 0.1) is 12.7 Å². The van der Waals surface area contributed by atoms with Crippen molar-refractivity contribution in [3.8, 4) is 5.75 Å². The van der Waals surface area contributed by atoms with E-state index in [2.05, 4.69) is 0 Å². The van der Waals surface area contributed by atoms with Gasteiger partial charge in [0.1, 0.15) is 11.6 Å². The van der Waals surface area contributed by atoms with E-state index in [-0.39, 0.29) is 11.6 Å². The second-order valence-corrected chi connectivity index (χ2v) is 5.10. The van der Waals surface area contributed by atoms with Crippen molar-refractivity contribution in [3.05, 3.63) is 70.5 Å². The third-order valence-corrected chi connectivity index (χ3v) is 3.58. The number of para-hydroxylation sites is 1. The Balaban J connectivity index is 2.01. The van der Waals surface area contributed by atoms with Gasteiger partial charge in [-0.25, -0.2) is 4.39 Å². The average Bonchev–Trinajstić information content (AvgIpc) is 2.63. The summed E-state index contributed by atoms with van der Waals surface area (Å²) >= 11 is 0. The van der Waals surface area contributed by atoms with Crippen LogP contribution >= 0.6 is 0 Å². The third kappa shape index (κ3) is 2.72. The maximum Gasteiger partial charge on any atom is 0.192 e. The highest BCUT2D eigenvalue weighted by Gasteiger charge is 2.22. The first-order valence-corrected chi connectivity index (χ1v) is 6.88. The molecular formula is C18H15FO2. The van der Waals surface area contributed by atoms with Crippen molar-refractivity contribution in [2.75, 3.05) is 6.61 Å². The summed E-state index contributed by atoms with van der Waals surface area (Å²) in [6.45, 7) is 2.40. The molecule has 0 amide bonds. The second kappa shape index (κ2) is 5.52.